The molecule has 9 heteroatoms. The maximum absolute atomic E-state index is 12.9. The second kappa shape index (κ2) is 10.6. The second-order valence-corrected chi connectivity index (χ2v) is 10.2. The molecule has 0 N–H and O–H groups in total. The highest BCUT2D eigenvalue weighted by atomic mass is 32.2. The van der Waals surface area contributed by atoms with E-state index in [9.17, 15) is 8.42 Å². The van der Waals surface area contributed by atoms with Crippen LogP contribution in [-0.4, -0.2) is 60.0 Å². The van der Waals surface area contributed by atoms with Crippen LogP contribution in [0.5, 0.6) is 0 Å². The second-order valence-electron chi connectivity index (χ2n) is 7.30. The molecule has 0 aliphatic carbocycles. The SMILES string of the molecule is CCN(CC)S(=O)(=O)c1cccc(-c2nnc(SCC(C)C)n2[C@H](C)COC)c1. The summed E-state index contributed by atoms with van der Waals surface area (Å²) in [7, 11) is -1.88. The van der Waals surface area contributed by atoms with Crippen molar-refractivity contribution in [3.05, 3.63) is 24.3 Å². The predicted octanol–water partition coefficient (Wildman–Crippen LogP) is 3.93. The van der Waals surface area contributed by atoms with Crippen molar-refractivity contribution in [2.75, 3.05) is 32.6 Å². The maximum Gasteiger partial charge on any atom is 0.243 e. The molecular formula is C20H32N4O3S2. The highest BCUT2D eigenvalue weighted by molar-refractivity contribution is 7.99. The zero-order chi connectivity index (χ0) is 21.6. The molecule has 7 nitrogen and oxygen atoms in total. The third kappa shape index (κ3) is 5.59. The number of aromatic nitrogens is 3. The lowest BCUT2D eigenvalue weighted by Gasteiger charge is -2.20. The Kier molecular flexibility index (Phi) is 8.69. The molecule has 0 aliphatic heterocycles. The minimum absolute atomic E-state index is 0.0164. The van der Waals surface area contributed by atoms with Crippen LogP contribution in [0.3, 0.4) is 0 Å². The number of hydrogen-bond donors (Lipinski definition) is 0. The summed E-state index contributed by atoms with van der Waals surface area (Å²) in [5.41, 5.74) is 0.727. The van der Waals surface area contributed by atoms with E-state index in [-0.39, 0.29) is 10.9 Å². The molecule has 0 aliphatic rings. The quantitative estimate of drug-likeness (QED) is 0.493. The summed E-state index contributed by atoms with van der Waals surface area (Å²) in [6.07, 6.45) is 0. The highest BCUT2D eigenvalue weighted by Crippen LogP contribution is 2.30. The van der Waals surface area contributed by atoms with Crippen LogP contribution >= 0.6 is 11.8 Å². The number of benzene rings is 1. The van der Waals surface area contributed by atoms with Crippen LogP contribution in [-0.2, 0) is 14.8 Å². The molecule has 0 spiro atoms. The molecular weight excluding hydrogens is 408 g/mol. The van der Waals surface area contributed by atoms with Crippen molar-refractivity contribution in [1.82, 2.24) is 19.1 Å². The van der Waals surface area contributed by atoms with Gasteiger partial charge in [0.25, 0.3) is 0 Å². The molecule has 0 amide bonds. The average Bonchev–Trinajstić information content (AvgIpc) is 3.11. The number of methoxy groups -OCH3 is 1. The van der Waals surface area contributed by atoms with Gasteiger partial charge >= 0.3 is 0 Å². The van der Waals surface area contributed by atoms with E-state index >= 15 is 0 Å². The van der Waals surface area contributed by atoms with Crippen LogP contribution in [0.25, 0.3) is 11.4 Å². The third-order valence-corrected chi connectivity index (χ3v) is 7.91. The average molecular weight is 441 g/mol. The van der Waals surface area contributed by atoms with E-state index in [1.807, 2.05) is 31.4 Å². The normalized spacial score (nSPS) is 13.4. The van der Waals surface area contributed by atoms with Gasteiger partial charge in [-0.2, -0.15) is 4.31 Å². The molecule has 0 fully saturated rings. The summed E-state index contributed by atoms with van der Waals surface area (Å²) in [4.78, 5) is 0.268. The van der Waals surface area contributed by atoms with Gasteiger partial charge in [-0.25, -0.2) is 8.42 Å². The summed E-state index contributed by atoms with van der Waals surface area (Å²) in [6, 6.07) is 6.96. The summed E-state index contributed by atoms with van der Waals surface area (Å²) >= 11 is 1.65. The zero-order valence-corrected chi connectivity index (χ0v) is 19.8. The molecule has 162 valence electrons. The molecule has 0 saturated heterocycles. The van der Waals surface area contributed by atoms with Gasteiger partial charge in [-0.3, -0.25) is 4.57 Å². The predicted molar refractivity (Wildman–Crippen MR) is 118 cm³/mol. The molecule has 0 unspecified atom stereocenters. The standard InChI is InChI=1S/C20H32N4O3S2/c1-7-23(8-2)29(25,26)18-11-9-10-17(12-18)19-21-22-20(28-14-15(3)4)24(19)16(5)13-27-6/h9-12,15-16H,7-8,13-14H2,1-6H3/t16-/m1/s1. The van der Waals surface area contributed by atoms with Crippen LogP contribution in [0.1, 0.15) is 40.7 Å². The number of sulfonamides is 1. The first-order valence-corrected chi connectivity index (χ1v) is 12.4. The van der Waals surface area contributed by atoms with Gasteiger partial charge in [-0.1, -0.05) is 51.6 Å². The van der Waals surface area contributed by atoms with E-state index in [2.05, 4.69) is 24.0 Å². The summed E-state index contributed by atoms with van der Waals surface area (Å²) in [5.74, 6) is 2.10. The topological polar surface area (TPSA) is 77.3 Å². The lowest BCUT2D eigenvalue weighted by atomic mass is 10.2. The first-order chi connectivity index (χ1) is 13.8. The van der Waals surface area contributed by atoms with Crippen molar-refractivity contribution >= 4 is 21.8 Å². The number of hydrogen-bond acceptors (Lipinski definition) is 6. The van der Waals surface area contributed by atoms with Gasteiger partial charge in [0.2, 0.25) is 10.0 Å². The van der Waals surface area contributed by atoms with Crippen molar-refractivity contribution in [1.29, 1.82) is 0 Å². The van der Waals surface area contributed by atoms with Gasteiger partial charge in [-0.15, -0.1) is 10.2 Å². The molecule has 0 saturated carbocycles. The van der Waals surface area contributed by atoms with Crippen LogP contribution in [0.15, 0.2) is 34.3 Å². The van der Waals surface area contributed by atoms with Crippen LogP contribution in [0.4, 0.5) is 0 Å². The van der Waals surface area contributed by atoms with Gasteiger partial charge < -0.3 is 4.74 Å². The Morgan fingerprint density at radius 3 is 2.45 bits per heavy atom. The Bertz CT molecular complexity index is 893. The monoisotopic (exact) mass is 440 g/mol. The zero-order valence-electron chi connectivity index (χ0n) is 18.1. The van der Waals surface area contributed by atoms with E-state index < -0.39 is 10.0 Å². The lowest BCUT2D eigenvalue weighted by molar-refractivity contribution is 0.159. The first kappa shape index (κ1) is 23.9. The van der Waals surface area contributed by atoms with Crippen molar-refractivity contribution in [3.8, 4) is 11.4 Å². The molecule has 1 aromatic heterocycles. The largest absolute Gasteiger partial charge is 0.383 e. The Morgan fingerprint density at radius 2 is 1.86 bits per heavy atom. The maximum atomic E-state index is 12.9. The van der Waals surface area contributed by atoms with Gasteiger partial charge in [0.05, 0.1) is 17.5 Å². The van der Waals surface area contributed by atoms with E-state index in [1.165, 1.54) is 4.31 Å². The van der Waals surface area contributed by atoms with E-state index in [1.54, 1.807) is 37.1 Å². The molecule has 1 aromatic carbocycles. The molecule has 1 atom stereocenters. The van der Waals surface area contributed by atoms with Crippen LogP contribution in [0, 0.1) is 5.92 Å². The molecule has 2 rings (SSSR count). The van der Waals surface area contributed by atoms with Crippen molar-refractivity contribution in [2.45, 2.75) is 50.7 Å². The Balaban J connectivity index is 2.51. The Labute approximate surface area is 178 Å². The number of nitrogens with zero attached hydrogens (tertiary/aromatic N) is 4. The smallest absolute Gasteiger partial charge is 0.243 e. The minimum Gasteiger partial charge on any atom is -0.383 e. The van der Waals surface area contributed by atoms with E-state index in [4.69, 9.17) is 4.74 Å². The fourth-order valence-corrected chi connectivity index (χ4v) is 5.53. The third-order valence-electron chi connectivity index (χ3n) is 4.49. The van der Waals surface area contributed by atoms with Crippen LogP contribution in [0.2, 0.25) is 0 Å². The van der Waals surface area contributed by atoms with Crippen LogP contribution < -0.4 is 0 Å². The fourth-order valence-electron chi connectivity index (χ4n) is 3.03. The number of rotatable bonds is 11. The molecule has 2 aromatic rings. The molecule has 29 heavy (non-hydrogen) atoms. The van der Waals surface area contributed by atoms with Gasteiger partial charge in [0, 0.05) is 31.5 Å². The van der Waals surface area contributed by atoms with Gasteiger partial charge in [0.15, 0.2) is 11.0 Å². The highest BCUT2D eigenvalue weighted by Gasteiger charge is 2.24. The fraction of sp³-hybridized carbons (Fsp3) is 0.600. The summed E-state index contributed by atoms with van der Waals surface area (Å²) in [5, 5.41) is 9.61. The van der Waals surface area contributed by atoms with Crippen molar-refractivity contribution < 1.29 is 13.2 Å². The van der Waals surface area contributed by atoms with Gasteiger partial charge in [-0.05, 0) is 25.0 Å². The molecule has 0 radical (unpaired) electrons. The summed E-state index contributed by atoms with van der Waals surface area (Å²) in [6.45, 7) is 11.4. The summed E-state index contributed by atoms with van der Waals surface area (Å²) < 4.78 is 34.7. The van der Waals surface area contributed by atoms with Crippen molar-refractivity contribution in [2.24, 2.45) is 5.92 Å². The lowest BCUT2D eigenvalue weighted by Crippen LogP contribution is -2.30. The minimum atomic E-state index is -3.54. The molecule has 1 heterocycles. The molecule has 0 bridgehead atoms. The van der Waals surface area contributed by atoms with Gasteiger partial charge in [0.1, 0.15) is 0 Å². The van der Waals surface area contributed by atoms with E-state index in [0.717, 1.165) is 16.5 Å². The van der Waals surface area contributed by atoms with E-state index in [0.29, 0.717) is 31.4 Å². The number of ether oxygens (including phenoxy) is 1. The number of thioether (sulfide) groups is 1. The Morgan fingerprint density at radius 1 is 1.17 bits per heavy atom. The Hall–Kier alpha value is -1.42. The first-order valence-electron chi connectivity index (χ1n) is 9.93. The van der Waals surface area contributed by atoms with Crippen molar-refractivity contribution in [3.63, 3.8) is 0 Å².